The first-order chi connectivity index (χ1) is 15.4. The molecule has 0 saturated heterocycles. The van der Waals surface area contributed by atoms with Crippen LogP contribution in [-0.2, 0) is 36.7 Å². The molecule has 0 saturated carbocycles. The monoisotopic (exact) mass is 544 g/mol. The molecule has 4 heterocycles. The summed E-state index contributed by atoms with van der Waals surface area (Å²) in [4.78, 5) is 10.0. The predicted molar refractivity (Wildman–Crippen MR) is 134 cm³/mol. The molecule has 4 aromatic rings. The Balaban J connectivity index is 0.00000324. The molecule has 0 bridgehead atoms. The van der Waals surface area contributed by atoms with E-state index < -0.39 is 0 Å². The maximum Gasteiger partial charge on any atom is 2.00 e. The number of rotatable bonds is 4. The molecule has 180 valence electrons. The van der Waals surface area contributed by atoms with Crippen LogP contribution in [0, 0.1) is 12.4 Å². The van der Waals surface area contributed by atoms with Gasteiger partial charge in [0.05, 0.1) is 11.6 Å². The van der Waals surface area contributed by atoms with Gasteiger partial charge in [0.15, 0.2) is 0 Å². The third-order valence-corrected chi connectivity index (χ3v) is 6.23. The Kier molecular flexibility index (Phi) is 7.14. The van der Waals surface area contributed by atoms with E-state index in [-0.39, 0.29) is 36.7 Å². The average Bonchev–Trinajstić information content (AvgIpc) is 3.44. The first-order valence-corrected chi connectivity index (χ1v) is 11.5. The van der Waals surface area contributed by atoms with Crippen LogP contribution in [0.2, 0.25) is 0 Å². The van der Waals surface area contributed by atoms with Crippen LogP contribution in [0.4, 0.5) is 0 Å². The largest absolute Gasteiger partial charge is 2.00 e. The zero-order valence-electron chi connectivity index (χ0n) is 21.4. The van der Waals surface area contributed by atoms with Crippen molar-refractivity contribution in [3.8, 4) is 11.6 Å². The molecule has 5 heteroatoms. The zero-order valence-corrected chi connectivity index (χ0v) is 22.9. The van der Waals surface area contributed by atoms with E-state index in [1.165, 1.54) is 11.1 Å². The fourth-order valence-electron chi connectivity index (χ4n) is 3.73. The van der Waals surface area contributed by atoms with E-state index in [9.17, 15) is 0 Å². The van der Waals surface area contributed by atoms with Crippen LogP contribution in [0.5, 0.6) is 0 Å². The van der Waals surface area contributed by atoms with Gasteiger partial charge in [0.1, 0.15) is 0 Å². The molecule has 0 atom stereocenters. The van der Waals surface area contributed by atoms with Crippen molar-refractivity contribution in [3.05, 3.63) is 95.8 Å². The summed E-state index contributed by atoms with van der Waals surface area (Å²) in [6.45, 7) is 17.6. The second-order valence-electron chi connectivity index (χ2n) is 11.3. The van der Waals surface area contributed by atoms with E-state index in [0.717, 1.165) is 23.0 Å². The van der Waals surface area contributed by atoms with Gasteiger partial charge in [-0.25, -0.2) is 0 Å². The Labute approximate surface area is 218 Å². The number of aromatic nitrogens is 4. The zero-order chi connectivity index (χ0) is 24.0. The Bertz CT molecular complexity index is 1170. The van der Waals surface area contributed by atoms with E-state index >= 15 is 0 Å². The van der Waals surface area contributed by atoms with Crippen LogP contribution in [0.3, 0.4) is 0 Å². The third kappa shape index (κ3) is 5.27. The Morgan fingerprint density at radius 1 is 0.618 bits per heavy atom. The summed E-state index contributed by atoms with van der Waals surface area (Å²) in [7, 11) is 0. The first-order valence-electron chi connectivity index (χ1n) is 11.5. The minimum atomic E-state index is -0.369. The van der Waals surface area contributed by atoms with Gasteiger partial charge >= 0.3 is 20.4 Å². The topological polar surface area (TPSA) is 35.6 Å². The predicted octanol–water partition coefficient (Wildman–Crippen LogP) is 6.58. The average molecular weight is 545 g/mol. The molecule has 0 aliphatic carbocycles. The Morgan fingerprint density at radius 3 is 1.32 bits per heavy atom. The van der Waals surface area contributed by atoms with Crippen molar-refractivity contribution < 1.29 is 20.4 Å². The molecule has 0 aromatic carbocycles. The Morgan fingerprint density at radius 2 is 1.00 bits per heavy atom. The van der Waals surface area contributed by atoms with Gasteiger partial charge in [-0.15, -0.1) is 35.7 Å². The maximum absolute atomic E-state index is 5.00. The summed E-state index contributed by atoms with van der Waals surface area (Å²) >= 11 is 0. The second kappa shape index (κ2) is 9.29. The summed E-state index contributed by atoms with van der Waals surface area (Å²) in [6, 6.07) is 16.4. The normalized spacial score (nSPS) is 12.5. The van der Waals surface area contributed by atoms with Crippen molar-refractivity contribution >= 4 is 0 Å². The number of nitrogens with zero attached hydrogens (tertiary/aromatic N) is 4. The molecule has 0 spiro atoms. The van der Waals surface area contributed by atoms with Gasteiger partial charge in [0.25, 0.3) is 0 Å². The molecule has 0 aliphatic rings. The van der Waals surface area contributed by atoms with E-state index in [1.807, 2.05) is 33.4 Å². The van der Waals surface area contributed by atoms with Crippen LogP contribution in [0.25, 0.3) is 11.6 Å². The van der Waals surface area contributed by atoms with Gasteiger partial charge in [-0.2, -0.15) is 0 Å². The summed E-state index contributed by atoms with van der Waals surface area (Å²) in [5, 5.41) is 0. The van der Waals surface area contributed by atoms with E-state index in [2.05, 4.69) is 104 Å². The van der Waals surface area contributed by atoms with Gasteiger partial charge < -0.3 is 9.13 Å². The van der Waals surface area contributed by atoms with Gasteiger partial charge in [0, 0.05) is 16.8 Å². The van der Waals surface area contributed by atoms with Crippen LogP contribution < -0.4 is 0 Å². The fourth-order valence-corrected chi connectivity index (χ4v) is 3.73. The molecule has 4 rings (SSSR count). The summed E-state index contributed by atoms with van der Waals surface area (Å²) in [6.07, 6.45) is 10.9. The van der Waals surface area contributed by atoms with Crippen molar-refractivity contribution in [1.82, 2.24) is 19.1 Å². The standard InChI is InChI=1S/C29H34N4.Pd/c1-27(2,3)21-15-17-32(19-21)25-13-9-11-23(30-25)29(7,8)24-12-10-14-26(31-24)33-18-16-22(20-33)28(4,5)6;/h9-16,19-20H,1-8H3;/q-2;+2. The van der Waals surface area contributed by atoms with Gasteiger partial charge in [0.2, 0.25) is 0 Å². The minimum absolute atomic E-state index is 0. The van der Waals surface area contributed by atoms with Gasteiger partial charge in [-0.3, -0.25) is 9.97 Å². The van der Waals surface area contributed by atoms with Crippen LogP contribution >= 0.6 is 0 Å². The van der Waals surface area contributed by atoms with Crippen LogP contribution in [0.1, 0.15) is 77.9 Å². The first kappa shape index (κ1) is 26.1. The van der Waals surface area contributed by atoms with E-state index in [1.54, 1.807) is 0 Å². The minimum Gasteiger partial charge on any atom is -0.435 e. The molecule has 0 radical (unpaired) electrons. The smallest absolute Gasteiger partial charge is 0.435 e. The summed E-state index contributed by atoms with van der Waals surface area (Å²) < 4.78 is 3.96. The van der Waals surface area contributed by atoms with Crippen LogP contribution in [0.15, 0.2) is 60.9 Å². The van der Waals surface area contributed by atoms with E-state index in [4.69, 9.17) is 9.97 Å². The molecule has 0 amide bonds. The molecular weight excluding hydrogens is 511 g/mol. The molecule has 0 fully saturated rings. The van der Waals surface area contributed by atoms with Crippen molar-refractivity contribution in [2.24, 2.45) is 0 Å². The number of pyridine rings is 2. The fraction of sp³-hybridized carbons (Fsp3) is 0.379. The molecular formula is C29H34N4Pd. The van der Waals surface area contributed by atoms with Crippen molar-refractivity contribution in [2.45, 2.75) is 71.6 Å². The third-order valence-electron chi connectivity index (χ3n) is 6.23. The van der Waals surface area contributed by atoms with Crippen LogP contribution in [-0.4, -0.2) is 19.1 Å². The molecule has 4 aromatic heterocycles. The number of hydrogen-bond acceptors (Lipinski definition) is 2. The molecule has 4 nitrogen and oxygen atoms in total. The molecule has 0 unspecified atom stereocenters. The van der Waals surface area contributed by atoms with Crippen molar-refractivity contribution in [3.63, 3.8) is 0 Å². The quantitative estimate of drug-likeness (QED) is 0.215. The second-order valence-corrected chi connectivity index (χ2v) is 11.3. The summed E-state index contributed by atoms with van der Waals surface area (Å²) in [5.74, 6) is 1.72. The maximum atomic E-state index is 5.00. The van der Waals surface area contributed by atoms with Gasteiger partial charge in [-0.1, -0.05) is 89.0 Å². The van der Waals surface area contributed by atoms with Crippen molar-refractivity contribution in [1.29, 1.82) is 0 Å². The molecule has 0 N–H and O–H groups in total. The number of hydrogen-bond donors (Lipinski definition) is 0. The van der Waals surface area contributed by atoms with E-state index in [0.29, 0.717) is 0 Å². The van der Waals surface area contributed by atoms with Gasteiger partial charge in [-0.05, 0) is 26.0 Å². The van der Waals surface area contributed by atoms with Crippen molar-refractivity contribution in [2.75, 3.05) is 0 Å². The molecule has 34 heavy (non-hydrogen) atoms. The molecule has 0 aliphatic heterocycles. The Hall–Kier alpha value is -2.48. The SMILES string of the molecule is CC(C)(C)c1c[c-]n(-c2cccc(C(C)(C)c3cccc(-n4[c-]cc(C(C)(C)C)c4)n3)n2)c1.[Pd+2]. The summed E-state index contributed by atoms with van der Waals surface area (Å²) in [5.41, 5.74) is 4.19.